The molecule has 0 saturated carbocycles. The highest BCUT2D eigenvalue weighted by molar-refractivity contribution is 7.98. The highest BCUT2D eigenvalue weighted by Crippen LogP contribution is 2.19. The van der Waals surface area contributed by atoms with Crippen LogP contribution in [0.2, 0.25) is 0 Å². The fourth-order valence-electron chi connectivity index (χ4n) is 4.55. The number of nitrogens with one attached hydrogen (secondary N) is 4. The molecule has 0 aliphatic heterocycles. The average molecular weight is 627 g/mol. The van der Waals surface area contributed by atoms with Gasteiger partial charge in [0.1, 0.15) is 23.9 Å². The van der Waals surface area contributed by atoms with Crippen molar-refractivity contribution in [3.63, 3.8) is 0 Å². The topological polar surface area (TPSA) is 230 Å². The number of aliphatic carboxylic acids is 1. The van der Waals surface area contributed by atoms with Crippen molar-refractivity contribution in [1.82, 2.24) is 20.9 Å². The van der Waals surface area contributed by atoms with Crippen LogP contribution >= 0.6 is 11.8 Å². The van der Waals surface area contributed by atoms with Crippen molar-refractivity contribution in [3.8, 4) is 5.75 Å². The van der Waals surface area contributed by atoms with E-state index in [2.05, 4.69) is 20.9 Å². The Labute approximate surface area is 258 Å². The zero-order valence-corrected chi connectivity index (χ0v) is 25.1. The third-order valence-electron chi connectivity index (χ3n) is 7.00. The number of thioether (sulfide) groups is 1. The van der Waals surface area contributed by atoms with Gasteiger partial charge in [0.25, 0.3) is 0 Å². The van der Waals surface area contributed by atoms with Gasteiger partial charge in [-0.1, -0.05) is 30.3 Å². The first kappa shape index (κ1) is 33.9. The number of aromatic amines is 1. The molecule has 236 valence electrons. The summed E-state index contributed by atoms with van der Waals surface area (Å²) in [5.41, 5.74) is 13.3. The zero-order valence-electron chi connectivity index (χ0n) is 24.2. The molecule has 0 spiro atoms. The Morgan fingerprint density at radius 1 is 0.864 bits per heavy atom. The highest BCUT2D eigenvalue weighted by Gasteiger charge is 2.31. The molecule has 3 aromatic rings. The van der Waals surface area contributed by atoms with E-state index in [9.17, 15) is 34.2 Å². The second kappa shape index (κ2) is 16.3. The molecule has 0 bridgehead atoms. The minimum atomic E-state index is -1.33. The third kappa shape index (κ3) is 10.0. The van der Waals surface area contributed by atoms with E-state index in [0.29, 0.717) is 23.3 Å². The van der Waals surface area contributed by atoms with E-state index in [4.69, 9.17) is 11.5 Å². The lowest BCUT2D eigenvalue weighted by molar-refractivity contribution is -0.142. The van der Waals surface area contributed by atoms with Gasteiger partial charge in [0, 0.05) is 36.4 Å². The van der Waals surface area contributed by atoms with Crippen molar-refractivity contribution in [2.75, 3.05) is 12.0 Å². The summed E-state index contributed by atoms with van der Waals surface area (Å²) in [6.07, 6.45) is 3.43. The molecule has 3 rings (SSSR count). The second-order valence-corrected chi connectivity index (χ2v) is 11.3. The maximum atomic E-state index is 13.6. The number of para-hydroxylation sites is 1. The summed E-state index contributed by atoms with van der Waals surface area (Å²) in [6.45, 7) is 0. The molecular formula is C30H38N6O7S. The smallest absolute Gasteiger partial charge is 0.326 e. The van der Waals surface area contributed by atoms with Crippen molar-refractivity contribution < 1.29 is 34.2 Å². The van der Waals surface area contributed by atoms with Crippen LogP contribution in [-0.2, 0) is 36.8 Å². The molecule has 1 aromatic heterocycles. The van der Waals surface area contributed by atoms with Crippen molar-refractivity contribution in [2.45, 2.75) is 56.3 Å². The first-order chi connectivity index (χ1) is 21.0. The number of primary amides is 1. The van der Waals surface area contributed by atoms with Gasteiger partial charge in [-0.3, -0.25) is 19.2 Å². The SMILES string of the molecule is CSCCC(N)C(=O)NC(CCC(N)=O)C(=O)NC(Cc1ccc(O)cc1)C(=O)NC(Cc1c[nH]c2ccccc12)C(=O)O. The lowest BCUT2D eigenvalue weighted by Gasteiger charge is -2.25. The van der Waals surface area contributed by atoms with Crippen LogP contribution in [0, 0.1) is 0 Å². The monoisotopic (exact) mass is 626 g/mol. The maximum Gasteiger partial charge on any atom is 0.326 e. The van der Waals surface area contributed by atoms with E-state index in [1.54, 1.807) is 18.3 Å². The van der Waals surface area contributed by atoms with E-state index in [1.807, 2.05) is 30.5 Å². The average Bonchev–Trinajstić information content (AvgIpc) is 3.40. The Morgan fingerprint density at radius 3 is 2.16 bits per heavy atom. The first-order valence-electron chi connectivity index (χ1n) is 14.0. The number of amides is 4. The van der Waals surface area contributed by atoms with Gasteiger partial charge in [0.05, 0.1) is 6.04 Å². The third-order valence-corrected chi connectivity index (χ3v) is 7.65. The predicted octanol–water partition coefficient (Wildman–Crippen LogP) is 0.544. The summed E-state index contributed by atoms with van der Waals surface area (Å²) in [7, 11) is 0. The Bertz CT molecular complexity index is 1460. The van der Waals surface area contributed by atoms with Crippen LogP contribution in [0.4, 0.5) is 0 Å². The second-order valence-electron chi connectivity index (χ2n) is 10.3. The molecule has 0 fully saturated rings. The van der Waals surface area contributed by atoms with Gasteiger partial charge < -0.3 is 42.6 Å². The van der Waals surface area contributed by atoms with E-state index < -0.39 is 53.8 Å². The van der Waals surface area contributed by atoms with Crippen LogP contribution in [0.15, 0.2) is 54.7 Å². The number of carboxylic acid groups (broad SMARTS) is 1. The van der Waals surface area contributed by atoms with Crippen molar-refractivity contribution in [2.24, 2.45) is 11.5 Å². The minimum absolute atomic E-state index is 0.00417. The molecule has 4 amide bonds. The fourth-order valence-corrected chi connectivity index (χ4v) is 5.04. The Hall–Kier alpha value is -4.56. The number of nitrogens with two attached hydrogens (primary N) is 2. The van der Waals surface area contributed by atoms with Gasteiger partial charge in [-0.05, 0) is 54.2 Å². The predicted molar refractivity (Wildman–Crippen MR) is 167 cm³/mol. The summed E-state index contributed by atoms with van der Waals surface area (Å²) < 4.78 is 0. The number of rotatable bonds is 17. The van der Waals surface area contributed by atoms with E-state index in [0.717, 1.165) is 10.9 Å². The van der Waals surface area contributed by atoms with Crippen LogP contribution in [-0.4, -0.2) is 81.0 Å². The van der Waals surface area contributed by atoms with Gasteiger partial charge in [0.2, 0.25) is 23.6 Å². The van der Waals surface area contributed by atoms with Gasteiger partial charge in [0.15, 0.2) is 0 Å². The van der Waals surface area contributed by atoms with Gasteiger partial charge in [-0.25, -0.2) is 4.79 Å². The van der Waals surface area contributed by atoms with Crippen LogP contribution in [0.3, 0.4) is 0 Å². The van der Waals surface area contributed by atoms with Crippen LogP contribution in [0.5, 0.6) is 5.75 Å². The van der Waals surface area contributed by atoms with E-state index >= 15 is 0 Å². The fraction of sp³-hybridized carbons (Fsp3) is 0.367. The van der Waals surface area contributed by atoms with Gasteiger partial charge in [-0.2, -0.15) is 11.8 Å². The Balaban J connectivity index is 1.82. The largest absolute Gasteiger partial charge is 0.508 e. The number of phenols is 1. The molecule has 0 aliphatic rings. The number of fused-ring (bicyclic) bond motifs is 1. The molecule has 0 aliphatic carbocycles. The molecule has 44 heavy (non-hydrogen) atoms. The Morgan fingerprint density at radius 2 is 1.50 bits per heavy atom. The molecular weight excluding hydrogens is 588 g/mol. The van der Waals surface area contributed by atoms with Crippen molar-refractivity contribution in [1.29, 1.82) is 0 Å². The van der Waals surface area contributed by atoms with E-state index in [1.165, 1.54) is 23.9 Å². The highest BCUT2D eigenvalue weighted by atomic mass is 32.2. The van der Waals surface area contributed by atoms with Crippen molar-refractivity contribution >= 4 is 52.3 Å². The number of carbonyl (C=O) groups is 5. The quantitative estimate of drug-likeness (QED) is 0.104. The molecule has 0 saturated heterocycles. The molecule has 2 aromatic carbocycles. The van der Waals surface area contributed by atoms with Crippen LogP contribution in [0.25, 0.3) is 10.9 Å². The lowest BCUT2D eigenvalue weighted by Crippen LogP contribution is -2.58. The number of hydrogen-bond acceptors (Lipinski definition) is 8. The molecule has 1 heterocycles. The summed E-state index contributed by atoms with van der Waals surface area (Å²) >= 11 is 1.50. The minimum Gasteiger partial charge on any atom is -0.508 e. The first-order valence-corrected chi connectivity index (χ1v) is 15.4. The van der Waals surface area contributed by atoms with Crippen LogP contribution in [0.1, 0.15) is 30.4 Å². The number of H-pyrrole nitrogens is 1. The van der Waals surface area contributed by atoms with Crippen molar-refractivity contribution in [3.05, 3.63) is 65.9 Å². The van der Waals surface area contributed by atoms with E-state index in [-0.39, 0.29) is 31.4 Å². The number of hydrogen-bond donors (Lipinski definition) is 8. The number of carboxylic acids is 1. The van der Waals surface area contributed by atoms with Crippen LogP contribution < -0.4 is 27.4 Å². The maximum absolute atomic E-state index is 13.6. The molecule has 4 unspecified atom stereocenters. The zero-order chi connectivity index (χ0) is 32.2. The molecule has 10 N–H and O–H groups in total. The molecule has 0 radical (unpaired) electrons. The summed E-state index contributed by atoms with van der Waals surface area (Å²) in [5.74, 6) is -3.52. The number of benzene rings is 2. The number of carbonyl (C=O) groups excluding carboxylic acids is 4. The summed E-state index contributed by atoms with van der Waals surface area (Å²) in [5, 5.41) is 28.1. The lowest BCUT2D eigenvalue weighted by atomic mass is 10.0. The normalized spacial score (nSPS) is 13.8. The molecule has 13 nitrogen and oxygen atoms in total. The Kier molecular flexibility index (Phi) is 12.6. The number of aromatic nitrogens is 1. The molecule has 4 atom stereocenters. The number of aromatic hydroxyl groups is 1. The molecule has 14 heteroatoms. The number of phenolic OH excluding ortho intramolecular Hbond substituents is 1. The van der Waals surface area contributed by atoms with Gasteiger partial charge >= 0.3 is 5.97 Å². The standard InChI is InChI=1S/C30H38N6O7S/c1-44-13-12-21(31)27(39)34-23(10-11-26(32)38)28(40)35-24(14-17-6-8-19(37)9-7-17)29(41)36-25(30(42)43)15-18-16-33-22-5-3-2-4-20(18)22/h2-9,16,21,23-25,33,37H,10-15,31H2,1H3,(H2,32,38)(H,34,39)(H,35,40)(H,36,41)(H,42,43). The van der Waals surface area contributed by atoms with Gasteiger partial charge in [-0.15, -0.1) is 0 Å². The summed E-state index contributed by atoms with van der Waals surface area (Å²) in [4.78, 5) is 66.5. The summed E-state index contributed by atoms with van der Waals surface area (Å²) in [6, 6.07) is 8.52.